The molecule has 2 N–H and O–H groups in total. The van der Waals surface area contributed by atoms with E-state index in [0.717, 1.165) is 64.1 Å². The quantitative estimate of drug-likeness (QED) is 0.543. The van der Waals surface area contributed by atoms with Gasteiger partial charge in [0.25, 0.3) is 0 Å². The molecule has 0 saturated carbocycles. The average molecular weight is 521 g/mol. The van der Waals surface area contributed by atoms with Crippen molar-refractivity contribution < 1.29 is 9.84 Å². The smallest absolute Gasteiger partial charge is 0.0696 e. The predicted octanol–water partition coefficient (Wildman–Crippen LogP) is 5.68. The van der Waals surface area contributed by atoms with Crippen molar-refractivity contribution in [1.29, 1.82) is 0 Å². The maximum Gasteiger partial charge on any atom is 0.0696 e. The maximum absolute atomic E-state index is 11.0. The number of benzene rings is 2. The lowest BCUT2D eigenvalue weighted by Crippen LogP contribution is -2.50. The van der Waals surface area contributed by atoms with E-state index in [4.69, 9.17) is 23.2 Å². The van der Waals surface area contributed by atoms with Gasteiger partial charge in [-0.3, -0.25) is 0 Å². The molecule has 5 rings (SSSR count). The number of hydrogen-bond acceptors (Lipinski definition) is 5. The Labute approximate surface area is 220 Å². The van der Waals surface area contributed by atoms with Crippen molar-refractivity contribution in [3.8, 4) is 0 Å². The molecule has 0 amide bonds. The third-order valence-electron chi connectivity index (χ3n) is 8.21. The average Bonchev–Trinajstić information content (AvgIpc) is 3.14. The zero-order chi connectivity index (χ0) is 25.0. The Balaban J connectivity index is 0.000000917. The van der Waals surface area contributed by atoms with Crippen LogP contribution >= 0.6 is 23.2 Å². The lowest BCUT2D eigenvalue weighted by atomic mass is 9.70. The molecule has 2 atom stereocenters. The fraction of sp³-hybridized carbons (Fsp3) is 0.571. The number of aliphatic hydroxyl groups is 1. The van der Waals surface area contributed by atoms with Crippen LogP contribution in [0, 0.1) is 5.92 Å². The highest BCUT2D eigenvalue weighted by Gasteiger charge is 2.46. The minimum Gasteiger partial charge on any atom is -0.392 e. The van der Waals surface area contributed by atoms with Crippen molar-refractivity contribution in [3.05, 3.63) is 58.1 Å². The molecule has 192 valence electrons. The summed E-state index contributed by atoms with van der Waals surface area (Å²) in [6.45, 7) is 7.12. The summed E-state index contributed by atoms with van der Waals surface area (Å²) in [7, 11) is 3.25. The summed E-state index contributed by atoms with van der Waals surface area (Å²) in [5, 5.41) is 15.9. The van der Waals surface area contributed by atoms with Gasteiger partial charge in [0, 0.05) is 56.7 Å². The van der Waals surface area contributed by atoms with Gasteiger partial charge in [0.2, 0.25) is 0 Å². The number of nitrogens with zero attached hydrogens (tertiary/aromatic N) is 2. The molecule has 3 aliphatic heterocycles. The van der Waals surface area contributed by atoms with Gasteiger partial charge in [0.15, 0.2) is 0 Å². The molecule has 2 aromatic rings. The van der Waals surface area contributed by atoms with E-state index in [9.17, 15) is 5.11 Å². The van der Waals surface area contributed by atoms with Crippen molar-refractivity contribution in [3.63, 3.8) is 0 Å². The number of piperidine rings is 2. The molecule has 3 aliphatic rings. The third-order valence-corrected chi connectivity index (χ3v) is 8.95. The summed E-state index contributed by atoms with van der Waals surface area (Å²) in [5.74, 6) is 0.359. The van der Waals surface area contributed by atoms with Crippen LogP contribution in [0.5, 0.6) is 0 Å². The van der Waals surface area contributed by atoms with Gasteiger partial charge in [0.05, 0.1) is 16.1 Å². The number of methoxy groups -OCH3 is 1. The SMILES string of the molecule is CC1Nc2ccccc2C12CCN(CC(O)C1CCN(c3ccc(Cl)c(Cl)c3)CC1)CC2.COC. The van der Waals surface area contributed by atoms with E-state index in [1.807, 2.05) is 18.2 Å². The summed E-state index contributed by atoms with van der Waals surface area (Å²) < 4.78 is 4.25. The normalized spacial score (nSPS) is 22.8. The van der Waals surface area contributed by atoms with Crippen molar-refractivity contribution in [2.45, 2.75) is 50.2 Å². The minimum atomic E-state index is -0.258. The first-order chi connectivity index (χ1) is 16.9. The van der Waals surface area contributed by atoms with E-state index >= 15 is 0 Å². The molecule has 0 bridgehead atoms. The summed E-state index contributed by atoms with van der Waals surface area (Å²) >= 11 is 12.3. The topological polar surface area (TPSA) is 48.0 Å². The van der Waals surface area contributed by atoms with Gasteiger partial charge in [-0.15, -0.1) is 0 Å². The van der Waals surface area contributed by atoms with Gasteiger partial charge in [-0.2, -0.15) is 0 Å². The molecule has 0 aromatic heterocycles. The number of rotatable bonds is 4. The number of ether oxygens (including phenoxy) is 1. The molecular weight excluding hydrogens is 481 g/mol. The first-order valence-electron chi connectivity index (χ1n) is 12.7. The van der Waals surface area contributed by atoms with Crippen LogP contribution < -0.4 is 10.2 Å². The fourth-order valence-electron chi connectivity index (χ4n) is 6.12. The van der Waals surface area contributed by atoms with E-state index in [-0.39, 0.29) is 11.5 Å². The van der Waals surface area contributed by atoms with Crippen LogP contribution in [0.2, 0.25) is 10.0 Å². The van der Waals surface area contributed by atoms with Crippen LogP contribution in [0.4, 0.5) is 11.4 Å². The van der Waals surface area contributed by atoms with Gasteiger partial charge in [-0.25, -0.2) is 0 Å². The Hall–Kier alpha value is -1.50. The molecular formula is C28H39Cl2N3O2. The van der Waals surface area contributed by atoms with Gasteiger partial charge in [0.1, 0.15) is 0 Å². The molecule has 2 fully saturated rings. The molecule has 5 nitrogen and oxygen atoms in total. The predicted molar refractivity (Wildman–Crippen MR) is 147 cm³/mol. The van der Waals surface area contributed by atoms with Gasteiger partial charge in [-0.1, -0.05) is 41.4 Å². The van der Waals surface area contributed by atoms with Crippen LogP contribution in [0.3, 0.4) is 0 Å². The Morgan fingerprint density at radius 2 is 1.69 bits per heavy atom. The summed E-state index contributed by atoms with van der Waals surface area (Å²) in [5.41, 5.74) is 4.15. The molecule has 35 heavy (non-hydrogen) atoms. The number of hydrogen-bond donors (Lipinski definition) is 2. The number of likely N-dealkylation sites (tertiary alicyclic amines) is 1. The first-order valence-corrected chi connectivity index (χ1v) is 13.5. The van der Waals surface area contributed by atoms with E-state index in [1.165, 1.54) is 11.3 Å². The maximum atomic E-state index is 11.0. The molecule has 3 heterocycles. The first kappa shape index (κ1) is 26.6. The van der Waals surface area contributed by atoms with E-state index in [2.05, 4.69) is 51.0 Å². The third kappa shape index (κ3) is 5.75. The number of para-hydroxylation sites is 1. The Bertz CT molecular complexity index is 972. The largest absolute Gasteiger partial charge is 0.392 e. The van der Waals surface area contributed by atoms with Crippen molar-refractivity contribution in [1.82, 2.24) is 4.90 Å². The van der Waals surface area contributed by atoms with Gasteiger partial charge < -0.3 is 25.0 Å². The highest BCUT2D eigenvalue weighted by Crippen LogP contribution is 2.47. The standard InChI is InChI=1S/C26H33Cl2N3O.C2H6O/c1-18-26(21-4-2-3-5-24(21)29-18)10-14-30(15-11-26)17-25(32)19-8-12-31(13-9-19)20-6-7-22(27)23(28)16-20;1-3-2/h2-7,16,18-19,25,29,32H,8-15,17H2,1H3;1-2H3. The number of fused-ring (bicyclic) bond motifs is 2. The van der Waals surface area contributed by atoms with Gasteiger partial charge >= 0.3 is 0 Å². The monoisotopic (exact) mass is 519 g/mol. The lowest BCUT2D eigenvalue weighted by Gasteiger charge is -2.44. The zero-order valence-electron chi connectivity index (χ0n) is 21.1. The number of β-amino-alcohol motifs (C(OH)–C–C–N with tert-alkyl or cyclic N) is 1. The Morgan fingerprint density at radius 1 is 1.03 bits per heavy atom. The second kappa shape index (κ2) is 11.7. The molecule has 7 heteroatoms. The van der Waals surface area contributed by atoms with Gasteiger partial charge in [-0.05, 0) is 81.4 Å². The number of aliphatic hydroxyl groups excluding tert-OH is 1. The fourth-order valence-corrected chi connectivity index (χ4v) is 6.41. The van der Waals surface area contributed by atoms with E-state index < -0.39 is 0 Å². The number of nitrogens with one attached hydrogen (secondary N) is 1. The molecule has 2 aromatic carbocycles. The summed E-state index contributed by atoms with van der Waals surface area (Å²) in [6, 6.07) is 15.1. The second-order valence-corrected chi connectivity index (χ2v) is 11.1. The molecule has 2 saturated heterocycles. The molecule has 1 spiro atoms. The highest BCUT2D eigenvalue weighted by molar-refractivity contribution is 6.42. The van der Waals surface area contributed by atoms with Crippen molar-refractivity contribution in [2.75, 3.05) is 57.2 Å². The zero-order valence-corrected chi connectivity index (χ0v) is 22.7. The molecule has 2 unspecified atom stereocenters. The Kier molecular flexibility index (Phi) is 8.88. The lowest BCUT2D eigenvalue weighted by molar-refractivity contribution is 0.0364. The van der Waals surface area contributed by atoms with Crippen LogP contribution in [0.25, 0.3) is 0 Å². The highest BCUT2D eigenvalue weighted by atomic mass is 35.5. The Morgan fingerprint density at radius 3 is 2.34 bits per heavy atom. The van der Waals surface area contributed by atoms with E-state index in [0.29, 0.717) is 22.0 Å². The summed E-state index contributed by atoms with van der Waals surface area (Å²) in [4.78, 5) is 4.83. The molecule has 0 aliphatic carbocycles. The summed E-state index contributed by atoms with van der Waals surface area (Å²) in [6.07, 6.45) is 4.06. The van der Waals surface area contributed by atoms with Crippen molar-refractivity contribution in [2.24, 2.45) is 5.92 Å². The van der Waals surface area contributed by atoms with E-state index in [1.54, 1.807) is 14.2 Å². The number of anilines is 2. The van der Waals surface area contributed by atoms with Crippen LogP contribution in [0.15, 0.2) is 42.5 Å². The molecule has 0 radical (unpaired) electrons. The van der Waals surface area contributed by atoms with Crippen LogP contribution in [-0.2, 0) is 10.2 Å². The van der Waals surface area contributed by atoms with Crippen molar-refractivity contribution >= 4 is 34.6 Å². The number of halogens is 2. The second-order valence-electron chi connectivity index (χ2n) is 10.3. The van der Waals surface area contributed by atoms with Crippen LogP contribution in [-0.4, -0.2) is 69.1 Å². The van der Waals surface area contributed by atoms with Crippen LogP contribution in [0.1, 0.15) is 38.2 Å². The minimum absolute atomic E-state index is 0.239.